The molecule has 0 saturated heterocycles. The minimum Gasteiger partial charge on any atom is -0.462 e. The van der Waals surface area contributed by atoms with E-state index in [2.05, 4.69) is 0 Å². The summed E-state index contributed by atoms with van der Waals surface area (Å²) in [5.74, 6) is -1.20. The first-order valence-electron chi connectivity index (χ1n) is 6.79. The van der Waals surface area contributed by atoms with Crippen LogP contribution in [-0.4, -0.2) is 23.4 Å². The maximum Gasteiger partial charge on any atom is 0.338 e. The molecule has 0 radical (unpaired) electrons. The van der Waals surface area contributed by atoms with Crippen molar-refractivity contribution in [2.75, 3.05) is 6.61 Å². The zero-order valence-corrected chi connectivity index (χ0v) is 12.3. The Morgan fingerprint density at radius 2 is 1.74 bits per heavy atom. The molecule has 0 spiro atoms. The number of carbonyl (C=O) groups is 2. The number of hydrogen-bond acceptors (Lipinski definition) is 5. The van der Waals surface area contributed by atoms with Crippen molar-refractivity contribution in [1.82, 2.24) is 0 Å². The highest BCUT2D eigenvalue weighted by Crippen LogP contribution is 2.27. The van der Waals surface area contributed by atoms with Crippen LogP contribution in [0.5, 0.6) is 0 Å². The number of nitro groups is 1. The van der Waals surface area contributed by atoms with Gasteiger partial charge < -0.3 is 10.5 Å². The first-order chi connectivity index (χ1) is 10.9. The van der Waals surface area contributed by atoms with Crippen molar-refractivity contribution < 1.29 is 19.2 Å². The van der Waals surface area contributed by atoms with Gasteiger partial charge in [-0.25, -0.2) is 4.79 Å². The van der Waals surface area contributed by atoms with E-state index in [9.17, 15) is 19.7 Å². The van der Waals surface area contributed by atoms with Gasteiger partial charge in [0.15, 0.2) is 0 Å². The van der Waals surface area contributed by atoms with Gasteiger partial charge >= 0.3 is 5.97 Å². The van der Waals surface area contributed by atoms with Crippen LogP contribution < -0.4 is 5.73 Å². The number of nitro benzene ring substituents is 1. The minimum atomic E-state index is -0.633. The fourth-order valence-corrected chi connectivity index (χ4v) is 2.04. The first kappa shape index (κ1) is 16.2. The van der Waals surface area contributed by atoms with E-state index in [1.807, 2.05) is 0 Å². The number of hydrogen-bond donors (Lipinski definition) is 1. The van der Waals surface area contributed by atoms with E-state index < -0.39 is 16.8 Å². The molecule has 7 nitrogen and oxygen atoms in total. The van der Waals surface area contributed by atoms with Crippen LogP contribution in [0.3, 0.4) is 0 Å². The van der Waals surface area contributed by atoms with Gasteiger partial charge in [0, 0.05) is 17.7 Å². The summed E-state index contributed by atoms with van der Waals surface area (Å²) in [5, 5.41) is 11.1. The van der Waals surface area contributed by atoms with Crippen LogP contribution in [0.2, 0.25) is 0 Å². The van der Waals surface area contributed by atoms with Gasteiger partial charge in [-0.2, -0.15) is 0 Å². The third kappa shape index (κ3) is 3.70. The van der Waals surface area contributed by atoms with Crippen LogP contribution in [0.25, 0.3) is 11.1 Å². The van der Waals surface area contributed by atoms with Crippen molar-refractivity contribution in [3.63, 3.8) is 0 Å². The standard InChI is InChI=1S/C16H14N2O5/c1-2-23-16(20)13-7-12(8-14(9-13)18(21)22)10-3-5-11(6-4-10)15(17)19/h3-9H,2H2,1H3,(H2,17,19). The molecule has 23 heavy (non-hydrogen) atoms. The van der Waals surface area contributed by atoms with E-state index in [0.29, 0.717) is 16.7 Å². The van der Waals surface area contributed by atoms with Crippen LogP contribution in [0.15, 0.2) is 42.5 Å². The predicted octanol–water partition coefficient (Wildman–Crippen LogP) is 2.54. The van der Waals surface area contributed by atoms with Crippen molar-refractivity contribution in [3.8, 4) is 11.1 Å². The normalized spacial score (nSPS) is 10.1. The Hall–Kier alpha value is -3.22. The number of esters is 1. The maximum absolute atomic E-state index is 11.8. The molecule has 0 saturated carbocycles. The summed E-state index contributed by atoms with van der Waals surface area (Å²) >= 11 is 0. The van der Waals surface area contributed by atoms with Gasteiger partial charge in [-0.3, -0.25) is 14.9 Å². The second-order valence-electron chi connectivity index (χ2n) is 4.69. The summed E-state index contributed by atoms with van der Waals surface area (Å²) in [6, 6.07) is 10.3. The highest BCUT2D eigenvalue weighted by Gasteiger charge is 2.16. The number of benzene rings is 2. The summed E-state index contributed by atoms with van der Waals surface area (Å²) < 4.78 is 4.88. The first-order valence-corrected chi connectivity index (χ1v) is 6.79. The average Bonchev–Trinajstić information content (AvgIpc) is 2.54. The monoisotopic (exact) mass is 314 g/mol. The molecule has 0 bridgehead atoms. The van der Waals surface area contributed by atoms with E-state index in [4.69, 9.17) is 10.5 Å². The fraction of sp³-hybridized carbons (Fsp3) is 0.125. The third-order valence-electron chi connectivity index (χ3n) is 3.14. The second-order valence-corrected chi connectivity index (χ2v) is 4.69. The maximum atomic E-state index is 11.8. The number of rotatable bonds is 5. The van der Waals surface area contributed by atoms with Crippen molar-refractivity contribution in [3.05, 3.63) is 63.7 Å². The minimum absolute atomic E-state index is 0.0926. The Bertz CT molecular complexity index is 769. The average molecular weight is 314 g/mol. The van der Waals surface area contributed by atoms with Gasteiger partial charge in [0.05, 0.1) is 17.1 Å². The largest absolute Gasteiger partial charge is 0.462 e. The number of ether oxygens (including phenoxy) is 1. The molecule has 2 aromatic rings. The zero-order chi connectivity index (χ0) is 17.0. The number of nitrogens with zero attached hydrogens (tertiary/aromatic N) is 1. The molecule has 2 aromatic carbocycles. The SMILES string of the molecule is CCOC(=O)c1cc(-c2ccc(C(N)=O)cc2)cc([N+](=O)[O-])c1. The molecule has 0 aliphatic rings. The number of non-ortho nitro benzene ring substituents is 1. The molecule has 0 aromatic heterocycles. The van der Waals surface area contributed by atoms with Crippen LogP contribution >= 0.6 is 0 Å². The lowest BCUT2D eigenvalue weighted by Crippen LogP contribution is -2.10. The molecule has 0 heterocycles. The van der Waals surface area contributed by atoms with Gasteiger partial charge in [0.25, 0.3) is 5.69 Å². The van der Waals surface area contributed by atoms with Crippen molar-refractivity contribution in [2.24, 2.45) is 5.73 Å². The van der Waals surface area contributed by atoms with Gasteiger partial charge in [0.1, 0.15) is 0 Å². The molecular formula is C16H14N2O5. The quantitative estimate of drug-likeness (QED) is 0.517. The van der Waals surface area contributed by atoms with E-state index in [0.717, 1.165) is 0 Å². The summed E-state index contributed by atoms with van der Waals surface area (Å²) in [7, 11) is 0. The highest BCUT2D eigenvalue weighted by atomic mass is 16.6. The van der Waals surface area contributed by atoms with Crippen LogP contribution in [0.4, 0.5) is 5.69 Å². The molecule has 0 aliphatic heterocycles. The number of primary amides is 1. The molecule has 1 amide bonds. The fourth-order valence-electron chi connectivity index (χ4n) is 2.04. The summed E-state index contributed by atoms with van der Waals surface area (Å²) in [5.41, 5.74) is 6.46. The molecule has 0 atom stereocenters. The molecule has 0 aliphatic carbocycles. The predicted molar refractivity (Wildman–Crippen MR) is 83.0 cm³/mol. The summed E-state index contributed by atoms with van der Waals surface area (Å²) in [6.07, 6.45) is 0. The Labute approximate surface area is 131 Å². The second kappa shape index (κ2) is 6.69. The molecule has 2 N–H and O–H groups in total. The Kier molecular flexibility index (Phi) is 4.70. The van der Waals surface area contributed by atoms with Crippen molar-refractivity contribution in [1.29, 1.82) is 0 Å². The molecule has 0 fully saturated rings. The van der Waals surface area contributed by atoms with E-state index in [1.165, 1.54) is 30.3 Å². The Balaban J connectivity index is 2.50. The number of amides is 1. The van der Waals surface area contributed by atoms with Gasteiger partial charge in [-0.05, 0) is 36.2 Å². The molecule has 0 unspecified atom stereocenters. The number of carbonyl (C=O) groups excluding carboxylic acids is 2. The lowest BCUT2D eigenvalue weighted by Gasteiger charge is -2.07. The molecule has 7 heteroatoms. The van der Waals surface area contributed by atoms with Gasteiger partial charge in [-0.1, -0.05) is 12.1 Å². The Morgan fingerprint density at radius 3 is 2.26 bits per heavy atom. The topological polar surface area (TPSA) is 113 Å². The lowest BCUT2D eigenvalue weighted by molar-refractivity contribution is -0.384. The van der Waals surface area contributed by atoms with E-state index in [-0.39, 0.29) is 17.9 Å². The Morgan fingerprint density at radius 1 is 1.09 bits per heavy atom. The van der Waals surface area contributed by atoms with Crippen LogP contribution in [-0.2, 0) is 4.74 Å². The summed E-state index contributed by atoms with van der Waals surface area (Å²) in [4.78, 5) is 33.4. The lowest BCUT2D eigenvalue weighted by atomic mass is 10.0. The van der Waals surface area contributed by atoms with Crippen molar-refractivity contribution >= 4 is 17.6 Å². The van der Waals surface area contributed by atoms with Crippen molar-refractivity contribution in [2.45, 2.75) is 6.92 Å². The molecule has 118 valence electrons. The molecular weight excluding hydrogens is 300 g/mol. The van der Waals surface area contributed by atoms with E-state index in [1.54, 1.807) is 19.1 Å². The number of nitrogens with two attached hydrogens (primary N) is 1. The van der Waals surface area contributed by atoms with Gasteiger partial charge in [-0.15, -0.1) is 0 Å². The third-order valence-corrected chi connectivity index (χ3v) is 3.14. The zero-order valence-electron chi connectivity index (χ0n) is 12.3. The smallest absolute Gasteiger partial charge is 0.338 e. The van der Waals surface area contributed by atoms with Crippen LogP contribution in [0.1, 0.15) is 27.6 Å². The van der Waals surface area contributed by atoms with Gasteiger partial charge in [0.2, 0.25) is 5.91 Å². The molecule has 2 rings (SSSR count). The van der Waals surface area contributed by atoms with E-state index >= 15 is 0 Å². The van der Waals surface area contributed by atoms with Crippen LogP contribution in [0, 0.1) is 10.1 Å². The highest BCUT2D eigenvalue weighted by molar-refractivity contribution is 5.94. The summed E-state index contributed by atoms with van der Waals surface area (Å²) in [6.45, 7) is 1.82.